The van der Waals surface area contributed by atoms with Gasteiger partial charge in [0.15, 0.2) is 5.96 Å². The predicted molar refractivity (Wildman–Crippen MR) is 123 cm³/mol. The van der Waals surface area contributed by atoms with Gasteiger partial charge in [-0.15, -0.1) is 24.0 Å². The topological polar surface area (TPSA) is 60.4 Å². The van der Waals surface area contributed by atoms with Crippen molar-refractivity contribution >= 4 is 35.8 Å². The summed E-state index contributed by atoms with van der Waals surface area (Å²) in [6, 6.07) is 0.746. The lowest BCUT2D eigenvalue weighted by molar-refractivity contribution is -0.142. The third-order valence-electron chi connectivity index (χ3n) is 6.09. The van der Waals surface area contributed by atoms with Crippen LogP contribution < -0.4 is 5.32 Å². The fourth-order valence-corrected chi connectivity index (χ4v) is 4.38. The van der Waals surface area contributed by atoms with Gasteiger partial charge in [0, 0.05) is 51.9 Å². The van der Waals surface area contributed by atoms with Gasteiger partial charge in [-0.05, 0) is 39.7 Å². The fourth-order valence-electron chi connectivity index (χ4n) is 4.38. The number of likely N-dealkylation sites (N-methyl/N-ethyl adjacent to an activating group) is 1. The molecule has 2 aliphatic heterocycles. The van der Waals surface area contributed by atoms with Gasteiger partial charge in [-0.25, -0.2) is 0 Å². The molecule has 7 nitrogen and oxygen atoms in total. The highest BCUT2D eigenvalue weighted by atomic mass is 127. The lowest BCUT2D eigenvalue weighted by Crippen LogP contribution is -2.55. The SMILES string of the molecule is CCNC(=NCCN(C)C1CCCC1)N1CCN(C(=O)C2CCCO2)CC1.I. The Morgan fingerprint density at radius 3 is 2.39 bits per heavy atom. The predicted octanol–water partition coefficient (Wildman–Crippen LogP) is 1.77. The van der Waals surface area contributed by atoms with E-state index in [2.05, 4.69) is 29.1 Å². The van der Waals surface area contributed by atoms with Gasteiger partial charge in [0.2, 0.25) is 0 Å². The number of carbonyl (C=O) groups is 1. The number of guanidine groups is 1. The molecule has 1 amide bonds. The first-order valence-electron chi connectivity index (χ1n) is 10.8. The number of halogens is 1. The zero-order valence-electron chi connectivity index (χ0n) is 17.6. The first-order chi connectivity index (χ1) is 13.2. The Kier molecular flexibility index (Phi) is 10.3. The van der Waals surface area contributed by atoms with Crippen LogP contribution in [0.1, 0.15) is 45.4 Å². The van der Waals surface area contributed by atoms with Crippen molar-refractivity contribution in [3.05, 3.63) is 0 Å². The highest BCUT2D eigenvalue weighted by molar-refractivity contribution is 14.0. The van der Waals surface area contributed by atoms with Gasteiger partial charge in [-0.3, -0.25) is 9.79 Å². The zero-order valence-corrected chi connectivity index (χ0v) is 19.9. The molecule has 2 saturated heterocycles. The highest BCUT2D eigenvalue weighted by Crippen LogP contribution is 2.22. The van der Waals surface area contributed by atoms with Crippen molar-refractivity contribution in [3.8, 4) is 0 Å². The van der Waals surface area contributed by atoms with Crippen LogP contribution in [0.3, 0.4) is 0 Å². The van der Waals surface area contributed by atoms with E-state index in [-0.39, 0.29) is 36.0 Å². The molecule has 3 rings (SSSR count). The van der Waals surface area contributed by atoms with E-state index in [0.717, 1.165) is 77.3 Å². The van der Waals surface area contributed by atoms with Crippen molar-refractivity contribution in [2.24, 2.45) is 4.99 Å². The maximum atomic E-state index is 12.5. The summed E-state index contributed by atoms with van der Waals surface area (Å²) in [5.74, 6) is 1.16. The molecule has 2 heterocycles. The minimum Gasteiger partial charge on any atom is -0.368 e. The summed E-state index contributed by atoms with van der Waals surface area (Å²) in [6.45, 7) is 8.72. The van der Waals surface area contributed by atoms with Crippen molar-refractivity contribution in [3.63, 3.8) is 0 Å². The van der Waals surface area contributed by atoms with Crippen LogP contribution in [0.15, 0.2) is 4.99 Å². The number of carbonyl (C=O) groups excluding carboxylic acids is 1. The molecular weight excluding hydrogens is 469 g/mol. The maximum Gasteiger partial charge on any atom is 0.251 e. The molecule has 1 unspecified atom stereocenters. The Hall–Kier alpha value is -0.610. The third-order valence-corrected chi connectivity index (χ3v) is 6.09. The molecular formula is C20H38IN5O2. The molecule has 1 atom stereocenters. The standard InChI is InChI=1S/C20H37N5O2.HI/c1-3-21-20(22-10-11-23(2)17-7-4-5-8-17)25-14-12-24(13-15-25)19(26)18-9-6-16-27-18;/h17-18H,3-16H2,1-2H3,(H,21,22);1H. The summed E-state index contributed by atoms with van der Waals surface area (Å²) >= 11 is 0. The van der Waals surface area contributed by atoms with Crippen molar-refractivity contribution < 1.29 is 9.53 Å². The number of amides is 1. The molecule has 1 N–H and O–H groups in total. The van der Waals surface area contributed by atoms with Gasteiger partial charge in [-0.2, -0.15) is 0 Å². The number of rotatable bonds is 6. The molecule has 1 aliphatic carbocycles. The van der Waals surface area contributed by atoms with Gasteiger partial charge < -0.3 is 24.8 Å². The summed E-state index contributed by atoms with van der Waals surface area (Å²) in [6.07, 6.45) is 7.08. The molecule has 8 heteroatoms. The van der Waals surface area contributed by atoms with Gasteiger partial charge in [0.25, 0.3) is 5.91 Å². The highest BCUT2D eigenvalue weighted by Gasteiger charge is 2.30. The number of hydrogen-bond donors (Lipinski definition) is 1. The molecule has 0 aromatic carbocycles. The van der Waals surface area contributed by atoms with Crippen molar-refractivity contribution in [2.45, 2.75) is 57.6 Å². The molecule has 3 fully saturated rings. The third kappa shape index (κ3) is 6.45. The molecule has 3 aliphatic rings. The van der Waals surface area contributed by atoms with Crippen LogP contribution in [0.5, 0.6) is 0 Å². The number of nitrogens with zero attached hydrogens (tertiary/aromatic N) is 4. The van der Waals surface area contributed by atoms with E-state index >= 15 is 0 Å². The monoisotopic (exact) mass is 507 g/mol. The number of ether oxygens (including phenoxy) is 1. The average molecular weight is 507 g/mol. The van der Waals surface area contributed by atoms with Crippen LogP contribution in [-0.2, 0) is 9.53 Å². The molecule has 0 aromatic rings. The number of hydrogen-bond acceptors (Lipinski definition) is 4. The van der Waals surface area contributed by atoms with E-state index in [9.17, 15) is 4.79 Å². The average Bonchev–Trinajstić information content (AvgIpc) is 3.40. The Balaban J connectivity index is 0.00000280. The lowest BCUT2D eigenvalue weighted by atomic mass is 10.2. The summed E-state index contributed by atoms with van der Waals surface area (Å²) in [5.41, 5.74) is 0. The molecule has 0 aromatic heterocycles. The van der Waals surface area contributed by atoms with E-state index < -0.39 is 0 Å². The second-order valence-corrected chi connectivity index (χ2v) is 7.97. The van der Waals surface area contributed by atoms with Gasteiger partial charge in [0.1, 0.15) is 6.10 Å². The van der Waals surface area contributed by atoms with Crippen molar-refractivity contribution in [1.29, 1.82) is 0 Å². The van der Waals surface area contributed by atoms with E-state index in [4.69, 9.17) is 9.73 Å². The largest absolute Gasteiger partial charge is 0.368 e. The van der Waals surface area contributed by atoms with Crippen molar-refractivity contribution in [2.75, 3.05) is 59.5 Å². The Bertz CT molecular complexity index is 499. The minimum absolute atomic E-state index is 0. The quantitative estimate of drug-likeness (QED) is 0.338. The zero-order chi connectivity index (χ0) is 19.1. The van der Waals surface area contributed by atoms with Crippen LogP contribution in [0.2, 0.25) is 0 Å². The summed E-state index contributed by atoms with van der Waals surface area (Å²) in [5, 5.41) is 3.42. The van der Waals surface area contributed by atoms with Gasteiger partial charge in [-0.1, -0.05) is 12.8 Å². The fraction of sp³-hybridized carbons (Fsp3) is 0.900. The number of aliphatic imine (C=N–C) groups is 1. The summed E-state index contributed by atoms with van der Waals surface area (Å²) in [4.78, 5) is 24.1. The Morgan fingerprint density at radius 1 is 1.11 bits per heavy atom. The van der Waals surface area contributed by atoms with E-state index in [1.54, 1.807) is 0 Å². The Morgan fingerprint density at radius 2 is 1.79 bits per heavy atom. The molecule has 1 saturated carbocycles. The summed E-state index contributed by atoms with van der Waals surface area (Å²) < 4.78 is 5.55. The molecule has 0 radical (unpaired) electrons. The molecule has 28 heavy (non-hydrogen) atoms. The van der Waals surface area contributed by atoms with Crippen LogP contribution >= 0.6 is 24.0 Å². The smallest absolute Gasteiger partial charge is 0.251 e. The van der Waals surface area contributed by atoms with Crippen LogP contribution in [0.4, 0.5) is 0 Å². The maximum absolute atomic E-state index is 12.5. The van der Waals surface area contributed by atoms with Crippen molar-refractivity contribution in [1.82, 2.24) is 20.0 Å². The molecule has 0 bridgehead atoms. The molecule has 162 valence electrons. The van der Waals surface area contributed by atoms with E-state index in [1.807, 2.05) is 4.90 Å². The Labute approximate surface area is 187 Å². The first kappa shape index (κ1) is 23.7. The van der Waals surface area contributed by atoms with Gasteiger partial charge in [0.05, 0.1) is 6.54 Å². The molecule has 0 spiro atoms. The first-order valence-corrected chi connectivity index (χ1v) is 10.8. The van der Waals surface area contributed by atoms with E-state index in [1.165, 1.54) is 25.7 Å². The second kappa shape index (κ2) is 12.2. The second-order valence-electron chi connectivity index (χ2n) is 7.97. The van der Waals surface area contributed by atoms with E-state index in [0.29, 0.717) is 0 Å². The van der Waals surface area contributed by atoms with Gasteiger partial charge >= 0.3 is 0 Å². The van der Waals surface area contributed by atoms with Crippen LogP contribution in [-0.4, -0.2) is 98.2 Å². The normalized spacial score (nSPS) is 24.0. The van der Waals surface area contributed by atoms with Crippen LogP contribution in [0.25, 0.3) is 0 Å². The number of nitrogens with one attached hydrogen (secondary N) is 1. The minimum atomic E-state index is -0.204. The van der Waals surface area contributed by atoms with Crippen LogP contribution in [0, 0.1) is 0 Å². The lowest BCUT2D eigenvalue weighted by Gasteiger charge is -2.37. The number of piperazine rings is 1. The summed E-state index contributed by atoms with van der Waals surface area (Å²) in [7, 11) is 2.23.